The minimum atomic E-state index is -0.601. The Labute approximate surface area is 128 Å². The highest BCUT2D eigenvalue weighted by atomic mass is 16.6. The number of rotatable bonds is 2. The number of aromatic nitrogens is 2. The summed E-state index contributed by atoms with van der Waals surface area (Å²) in [5.41, 5.74) is -0.432. The average molecular weight is 311 g/mol. The van der Waals surface area contributed by atoms with Gasteiger partial charge in [-0.15, -0.1) is 0 Å². The first kappa shape index (κ1) is 16.1. The number of esters is 1. The van der Waals surface area contributed by atoms with Crippen LogP contribution < -0.4 is 5.69 Å². The van der Waals surface area contributed by atoms with E-state index in [1.54, 1.807) is 27.7 Å². The lowest BCUT2D eigenvalue weighted by Gasteiger charge is -2.30. The number of carbonyl (C=O) groups excluding carboxylic acids is 2. The van der Waals surface area contributed by atoms with Gasteiger partial charge in [0.05, 0.1) is 18.8 Å². The number of amides is 1. The fourth-order valence-corrected chi connectivity index (χ4v) is 2.24. The van der Waals surface area contributed by atoms with E-state index in [1.807, 2.05) is 0 Å². The maximum atomic E-state index is 12.1. The number of hydrogen-bond acceptors (Lipinski definition) is 5. The second-order valence-electron chi connectivity index (χ2n) is 6.03. The molecule has 0 bridgehead atoms. The van der Waals surface area contributed by atoms with Gasteiger partial charge in [-0.3, -0.25) is 9.55 Å². The smallest absolute Gasteiger partial charge is 0.410 e. The minimum Gasteiger partial charge on any atom is -0.461 e. The van der Waals surface area contributed by atoms with E-state index in [4.69, 9.17) is 9.47 Å². The Kier molecular flexibility index (Phi) is 4.30. The summed E-state index contributed by atoms with van der Waals surface area (Å²) in [6.07, 6.45) is -0.470. The lowest BCUT2D eigenvalue weighted by atomic mass is 10.2. The fourth-order valence-electron chi connectivity index (χ4n) is 2.24. The van der Waals surface area contributed by atoms with Crippen molar-refractivity contribution in [2.75, 3.05) is 13.2 Å². The molecule has 1 aromatic heterocycles. The SMILES string of the molecule is CCOC(=O)c1[nH]c(=O)n2c1CN(C(=O)OC(C)(C)C)CC2. The van der Waals surface area contributed by atoms with Crippen molar-refractivity contribution in [1.82, 2.24) is 14.5 Å². The predicted octanol–water partition coefficient (Wildman–Crippen LogP) is 1.10. The fraction of sp³-hybridized carbons (Fsp3) is 0.643. The number of aromatic amines is 1. The number of nitrogens with zero attached hydrogens (tertiary/aromatic N) is 2. The van der Waals surface area contributed by atoms with Crippen LogP contribution in [0.4, 0.5) is 4.79 Å². The maximum absolute atomic E-state index is 12.1. The monoisotopic (exact) mass is 311 g/mol. The summed E-state index contributed by atoms with van der Waals surface area (Å²) in [7, 11) is 0. The summed E-state index contributed by atoms with van der Waals surface area (Å²) < 4.78 is 11.7. The van der Waals surface area contributed by atoms with Crippen LogP contribution in [0.25, 0.3) is 0 Å². The third kappa shape index (κ3) is 3.32. The van der Waals surface area contributed by atoms with Crippen LogP contribution in [0.3, 0.4) is 0 Å². The normalized spacial score (nSPS) is 14.5. The van der Waals surface area contributed by atoms with Gasteiger partial charge in [0.15, 0.2) is 5.69 Å². The van der Waals surface area contributed by atoms with Gasteiger partial charge in [0.2, 0.25) is 0 Å². The van der Waals surface area contributed by atoms with Crippen LogP contribution >= 0.6 is 0 Å². The lowest BCUT2D eigenvalue weighted by Crippen LogP contribution is -2.43. The molecule has 2 rings (SSSR count). The number of imidazole rings is 1. The Morgan fingerprint density at radius 3 is 2.55 bits per heavy atom. The zero-order valence-electron chi connectivity index (χ0n) is 13.3. The summed E-state index contributed by atoms with van der Waals surface area (Å²) >= 11 is 0. The molecule has 0 unspecified atom stereocenters. The van der Waals surface area contributed by atoms with Gasteiger partial charge in [-0.2, -0.15) is 0 Å². The Morgan fingerprint density at radius 1 is 1.27 bits per heavy atom. The van der Waals surface area contributed by atoms with Crippen molar-refractivity contribution >= 4 is 12.1 Å². The quantitative estimate of drug-likeness (QED) is 0.826. The topological polar surface area (TPSA) is 93.6 Å². The molecule has 8 nitrogen and oxygen atoms in total. The molecule has 0 aliphatic carbocycles. The van der Waals surface area contributed by atoms with E-state index in [-0.39, 0.29) is 24.5 Å². The first-order valence-corrected chi connectivity index (χ1v) is 7.19. The Balaban J connectivity index is 2.24. The van der Waals surface area contributed by atoms with Crippen molar-refractivity contribution in [3.05, 3.63) is 21.9 Å². The zero-order chi connectivity index (χ0) is 16.5. The largest absolute Gasteiger partial charge is 0.461 e. The van der Waals surface area contributed by atoms with E-state index < -0.39 is 17.7 Å². The molecule has 1 aliphatic heterocycles. The summed E-state index contributed by atoms with van der Waals surface area (Å²) in [5, 5.41) is 0. The Hall–Kier alpha value is -2.25. The van der Waals surface area contributed by atoms with Crippen molar-refractivity contribution in [2.45, 2.75) is 46.4 Å². The van der Waals surface area contributed by atoms with E-state index >= 15 is 0 Å². The average Bonchev–Trinajstić information content (AvgIpc) is 2.74. The summed E-state index contributed by atoms with van der Waals surface area (Å²) in [6, 6.07) is 0. The Morgan fingerprint density at radius 2 is 1.95 bits per heavy atom. The third-order valence-corrected chi connectivity index (χ3v) is 3.16. The first-order valence-electron chi connectivity index (χ1n) is 7.19. The molecule has 0 radical (unpaired) electrons. The van der Waals surface area contributed by atoms with Gasteiger partial charge in [-0.1, -0.05) is 0 Å². The third-order valence-electron chi connectivity index (χ3n) is 3.16. The van der Waals surface area contributed by atoms with Crippen LogP contribution in [-0.4, -0.2) is 45.3 Å². The van der Waals surface area contributed by atoms with E-state index in [0.717, 1.165) is 0 Å². The maximum Gasteiger partial charge on any atom is 0.410 e. The van der Waals surface area contributed by atoms with Crippen molar-refractivity contribution in [2.24, 2.45) is 0 Å². The number of nitrogens with one attached hydrogen (secondary N) is 1. The molecule has 0 atom stereocenters. The van der Waals surface area contributed by atoms with Crippen LogP contribution in [-0.2, 0) is 22.6 Å². The van der Waals surface area contributed by atoms with Crippen LogP contribution in [0, 0.1) is 0 Å². The van der Waals surface area contributed by atoms with Crippen LogP contribution in [0.2, 0.25) is 0 Å². The van der Waals surface area contributed by atoms with Crippen molar-refractivity contribution in [3.8, 4) is 0 Å². The van der Waals surface area contributed by atoms with Crippen LogP contribution in [0.5, 0.6) is 0 Å². The lowest BCUT2D eigenvalue weighted by molar-refractivity contribution is 0.0193. The summed E-state index contributed by atoms with van der Waals surface area (Å²) in [4.78, 5) is 39.9. The molecule has 8 heteroatoms. The molecule has 0 fully saturated rings. The predicted molar refractivity (Wildman–Crippen MR) is 77.7 cm³/mol. The molecule has 0 aromatic carbocycles. The highest BCUT2D eigenvalue weighted by Gasteiger charge is 2.30. The van der Waals surface area contributed by atoms with E-state index in [1.165, 1.54) is 9.47 Å². The molecular weight excluding hydrogens is 290 g/mol. The highest BCUT2D eigenvalue weighted by molar-refractivity contribution is 5.88. The van der Waals surface area contributed by atoms with Gasteiger partial charge in [0.25, 0.3) is 0 Å². The standard InChI is InChI=1S/C14H21N3O5/c1-5-21-11(18)10-9-8-16(13(20)22-14(2,3)4)6-7-17(9)12(19)15-10/h5-8H2,1-4H3,(H,15,19). The number of carbonyl (C=O) groups is 2. The second-order valence-corrected chi connectivity index (χ2v) is 6.03. The molecular formula is C14H21N3O5. The van der Waals surface area contributed by atoms with E-state index in [9.17, 15) is 14.4 Å². The van der Waals surface area contributed by atoms with Gasteiger partial charge >= 0.3 is 17.8 Å². The highest BCUT2D eigenvalue weighted by Crippen LogP contribution is 2.18. The van der Waals surface area contributed by atoms with Gasteiger partial charge in [0, 0.05) is 13.1 Å². The van der Waals surface area contributed by atoms with Crippen LogP contribution in [0.15, 0.2) is 4.79 Å². The minimum absolute atomic E-state index is 0.0973. The van der Waals surface area contributed by atoms with Gasteiger partial charge in [0.1, 0.15) is 5.60 Å². The second kappa shape index (κ2) is 5.86. The van der Waals surface area contributed by atoms with Gasteiger partial charge < -0.3 is 14.4 Å². The molecule has 0 saturated carbocycles. The summed E-state index contributed by atoms with van der Waals surface area (Å²) in [6.45, 7) is 8.03. The molecule has 122 valence electrons. The first-order chi connectivity index (χ1) is 10.2. The van der Waals surface area contributed by atoms with Crippen molar-refractivity contribution in [3.63, 3.8) is 0 Å². The van der Waals surface area contributed by atoms with E-state index in [2.05, 4.69) is 4.98 Å². The van der Waals surface area contributed by atoms with Crippen molar-refractivity contribution < 1.29 is 19.1 Å². The summed E-state index contributed by atoms with van der Waals surface area (Å²) in [5.74, 6) is -0.598. The molecule has 22 heavy (non-hydrogen) atoms. The molecule has 1 aromatic rings. The molecule has 1 amide bonds. The van der Waals surface area contributed by atoms with Gasteiger partial charge in [-0.25, -0.2) is 14.4 Å². The number of ether oxygens (including phenoxy) is 2. The van der Waals surface area contributed by atoms with Crippen LogP contribution in [0.1, 0.15) is 43.9 Å². The van der Waals surface area contributed by atoms with Crippen molar-refractivity contribution in [1.29, 1.82) is 0 Å². The number of hydrogen-bond donors (Lipinski definition) is 1. The molecule has 0 spiro atoms. The molecule has 1 aliphatic rings. The van der Waals surface area contributed by atoms with E-state index in [0.29, 0.717) is 18.8 Å². The molecule has 1 N–H and O–H groups in total. The number of H-pyrrole nitrogens is 1. The molecule has 0 saturated heterocycles. The Bertz CT molecular complexity index is 638. The number of fused-ring (bicyclic) bond motifs is 1. The van der Waals surface area contributed by atoms with Gasteiger partial charge in [-0.05, 0) is 27.7 Å². The zero-order valence-corrected chi connectivity index (χ0v) is 13.3. The molecule has 2 heterocycles.